The Labute approximate surface area is 75.7 Å². The van der Waals surface area contributed by atoms with Gasteiger partial charge in [-0.2, -0.15) is 0 Å². The van der Waals surface area contributed by atoms with Crippen LogP contribution in [0.15, 0.2) is 10.3 Å². The third kappa shape index (κ3) is 29.0. The Hall–Kier alpha value is 0.586. The van der Waals surface area contributed by atoms with Gasteiger partial charge in [-0.15, -0.1) is 23.1 Å². The summed E-state index contributed by atoms with van der Waals surface area (Å²) >= 11 is -0.426. The van der Waals surface area contributed by atoms with Crippen molar-refractivity contribution in [1.29, 1.82) is 5.41 Å². The van der Waals surface area contributed by atoms with Crippen molar-refractivity contribution in [2.24, 2.45) is 0 Å². The Morgan fingerprint density at radius 1 is 1.67 bits per heavy atom. The highest BCUT2D eigenvalue weighted by Crippen LogP contribution is 1.66. The molecular formula is C5H11BrFMgN. The van der Waals surface area contributed by atoms with E-state index < -0.39 is 20.4 Å². The Morgan fingerprint density at radius 3 is 2.22 bits per heavy atom. The molecule has 1 nitrogen and oxygen atoms in total. The third-order valence-electron chi connectivity index (χ3n) is 0.511. The fraction of sp³-hybridized carbons (Fsp3) is 0.400. The van der Waals surface area contributed by atoms with Crippen molar-refractivity contribution in [3.63, 3.8) is 0 Å². The van der Waals surface area contributed by atoms with E-state index in [0.717, 1.165) is 0 Å². The van der Waals surface area contributed by atoms with E-state index in [-0.39, 0.29) is 21.8 Å². The predicted molar refractivity (Wildman–Crippen MR) is 46.7 cm³/mol. The lowest BCUT2D eigenvalue weighted by Crippen LogP contribution is -1.83. The molecule has 0 aliphatic heterocycles. The van der Waals surface area contributed by atoms with E-state index in [4.69, 9.17) is 5.41 Å². The predicted octanol–water partition coefficient (Wildman–Crippen LogP) is 1.99. The van der Waals surface area contributed by atoms with Crippen molar-refractivity contribution in [3.05, 3.63) is 10.3 Å². The van der Waals surface area contributed by atoms with Gasteiger partial charge in [0, 0.05) is 0 Å². The zero-order chi connectivity index (χ0) is 6.83. The van der Waals surface area contributed by atoms with Gasteiger partial charge in [0.15, 0.2) is 0 Å². The Balaban J connectivity index is -0.000000109. The first-order valence-corrected chi connectivity index (χ1v) is 4.26. The molecule has 0 rings (SSSR count). The van der Waals surface area contributed by atoms with Crippen molar-refractivity contribution >= 4 is 44.1 Å². The van der Waals surface area contributed by atoms with Crippen LogP contribution in [0.3, 0.4) is 0 Å². The number of halogens is 2. The summed E-state index contributed by atoms with van der Waals surface area (Å²) in [6.07, 6.45) is 1.91. The summed E-state index contributed by atoms with van der Waals surface area (Å²) < 4.78 is 13.1. The molecule has 0 atom stereocenters. The van der Waals surface area contributed by atoms with E-state index in [9.17, 15) is 4.39 Å². The summed E-state index contributed by atoms with van der Waals surface area (Å²) in [5, 5.41) is 5.50. The van der Waals surface area contributed by atoms with Gasteiger partial charge in [-0.1, -0.05) is 0 Å². The molecule has 0 aromatic carbocycles. The summed E-state index contributed by atoms with van der Waals surface area (Å²) in [5.41, 5.74) is 0. The smallest absolute Gasteiger partial charge is 0.317 e. The Bertz CT molecular complexity index is 60.9. The fourth-order valence-corrected chi connectivity index (χ4v) is 0.689. The van der Waals surface area contributed by atoms with Gasteiger partial charge in [0.05, 0.1) is 0 Å². The van der Waals surface area contributed by atoms with Crippen LogP contribution in [0, 0.1) is 5.41 Å². The first-order chi connectivity index (χ1) is 3.91. The van der Waals surface area contributed by atoms with Gasteiger partial charge in [-0.25, -0.2) is 4.21 Å². The zero-order valence-electron chi connectivity index (χ0n) is 5.56. The highest BCUT2D eigenvalue weighted by atomic mass is 79.9. The second kappa shape index (κ2) is 23.5. The number of allylic oxidation sites excluding steroid dienone is 1. The van der Waals surface area contributed by atoms with E-state index in [0.29, 0.717) is 0 Å². The van der Waals surface area contributed by atoms with Crippen molar-refractivity contribution in [3.8, 4) is 0 Å². The minimum absolute atomic E-state index is 0. The molecule has 0 bridgehead atoms. The largest absolute Gasteiger partial charge is 0.443 e. The maximum Gasteiger partial charge on any atom is 0.443 e. The van der Waals surface area contributed by atoms with E-state index in [1.807, 2.05) is 17.2 Å². The molecule has 0 radical (unpaired) electrons. The highest BCUT2D eigenvalue weighted by molar-refractivity contribution is 8.93. The van der Waals surface area contributed by atoms with Crippen LogP contribution in [0.2, 0.25) is 0 Å². The second-order valence-corrected chi connectivity index (χ2v) is 2.47. The summed E-state index contributed by atoms with van der Waals surface area (Å²) in [6, 6.07) is 0. The lowest BCUT2D eigenvalue weighted by atomic mass is 10.8. The zero-order valence-corrected chi connectivity index (χ0v) is 8.69. The molecule has 0 amide bonds. The van der Waals surface area contributed by atoms with Crippen molar-refractivity contribution in [2.75, 3.05) is 4.80 Å². The number of alkyl halides is 1. The number of rotatable bonds is 2. The fourth-order valence-electron chi connectivity index (χ4n) is 0.230. The summed E-state index contributed by atoms with van der Waals surface area (Å²) in [5.74, 6) is 0. The average molecular weight is 208 g/mol. The molecule has 0 aromatic rings. The number of nitrogens with one attached hydrogen (secondary N) is 1. The summed E-state index contributed by atoms with van der Waals surface area (Å²) in [4.78, 5) is -0.0929. The monoisotopic (exact) mass is 207 g/mol. The van der Waals surface area contributed by atoms with Crippen LogP contribution in [-0.2, 0) is 0 Å². The minimum Gasteiger partial charge on any atom is -0.317 e. The molecule has 9 heavy (non-hydrogen) atoms. The molecule has 4 heteroatoms. The second-order valence-electron chi connectivity index (χ2n) is 1.05. The van der Waals surface area contributed by atoms with Crippen LogP contribution in [0.4, 0.5) is 4.39 Å². The molecule has 0 fully saturated rings. The molecule has 0 aliphatic rings. The summed E-state index contributed by atoms with van der Waals surface area (Å²) in [6.45, 7) is 4.42. The van der Waals surface area contributed by atoms with Crippen LogP contribution in [0.1, 0.15) is 6.92 Å². The van der Waals surface area contributed by atoms with E-state index in [1.165, 1.54) is 0 Å². The topological polar surface area (TPSA) is 23.9 Å². The van der Waals surface area contributed by atoms with Crippen LogP contribution in [0.5, 0.6) is 0 Å². The molecule has 0 unspecified atom stereocenters. The van der Waals surface area contributed by atoms with Crippen LogP contribution in [0.25, 0.3) is 0 Å². The van der Waals surface area contributed by atoms with Gasteiger partial charge in [-0.05, 0) is 18.4 Å². The molecule has 0 aliphatic carbocycles. The van der Waals surface area contributed by atoms with E-state index in [2.05, 4.69) is 6.72 Å². The van der Waals surface area contributed by atoms with Gasteiger partial charge in [-0.3, -0.25) is 4.39 Å². The lowest BCUT2D eigenvalue weighted by molar-refractivity contribution is 0.595. The van der Waals surface area contributed by atoms with Crippen molar-refractivity contribution in [2.45, 2.75) is 6.92 Å². The van der Waals surface area contributed by atoms with Crippen LogP contribution >= 0.6 is 17.0 Å². The maximum absolute atomic E-state index is 11.2. The van der Waals surface area contributed by atoms with Crippen LogP contribution in [-0.4, -0.2) is 31.9 Å². The molecule has 0 aromatic heterocycles. The Morgan fingerprint density at radius 2 is 2.11 bits per heavy atom. The van der Waals surface area contributed by atoms with Gasteiger partial charge in [0.25, 0.3) is 0 Å². The summed E-state index contributed by atoms with van der Waals surface area (Å²) in [7, 11) is 0. The SMILES string of the molecule is Br.C=N.CC=[CH][Mg][CH2]F. The van der Waals surface area contributed by atoms with Gasteiger partial charge in [0.2, 0.25) is 0 Å². The van der Waals surface area contributed by atoms with E-state index >= 15 is 0 Å². The lowest BCUT2D eigenvalue weighted by Gasteiger charge is -1.67. The normalized spacial score (nSPS) is 6.44. The Kier molecular flexibility index (Phi) is 42.5. The average Bonchev–Trinajstić information content (AvgIpc) is 1.88. The molecule has 0 saturated heterocycles. The molecule has 0 spiro atoms. The molecular weight excluding hydrogens is 197 g/mol. The standard InChI is InChI=1S/C3H5.CH2F.CH3N.BrH.Mg/c1-3-2;2*1-2;;/h1,3H,2H3;1H2;2H,1H2;1H;. The maximum atomic E-state index is 11.2. The molecule has 0 heterocycles. The molecule has 1 N–H and O–H groups in total. The van der Waals surface area contributed by atoms with Gasteiger partial charge in [0.1, 0.15) is 0 Å². The molecule has 0 saturated carbocycles. The van der Waals surface area contributed by atoms with E-state index in [1.54, 1.807) is 0 Å². The first-order valence-electron chi connectivity index (χ1n) is 2.44. The van der Waals surface area contributed by atoms with Crippen molar-refractivity contribution in [1.82, 2.24) is 0 Å². The third-order valence-corrected chi connectivity index (χ3v) is 1.53. The number of hydrogen-bond donors (Lipinski definition) is 1. The quantitative estimate of drug-likeness (QED) is 0.530. The minimum atomic E-state index is -0.426. The number of hydrogen-bond acceptors (Lipinski definition) is 1. The van der Waals surface area contributed by atoms with Crippen molar-refractivity contribution < 1.29 is 4.39 Å². The van der Waals surface area contributed by atoms with Gasteiger partial charge < -0.3 is 5.41 Å². The first kappa shape index (κ1) is 16.3. The molecule has 52 valence electrons. The van der Waals surface area contributed by atoms with Crippen LogP contribution < -0.4 is 0 Å². The van der Waals surface area contributed by atoms with Gasteiger partial charge >= 0.3 is 20.4 Å². The highest BCUT2D eigenvalue weighted by Gasteiger charge is 1.80.